The Morgan fingerprint density at radius 1 is 1.41 bits per heavy atom. The summed E-state index contributed by atoms with van der Waals surface area (Å²) >= 11 is 0. The smallest absolute Gasteiger partial charge is 0.338 e. The minimum Gasteiger partial charge on any atom is -0.478 e. The fraction of sp³-hybridized carbons (Fsp3) is 0.357. The molecule has 8 heteroatoms. The third-order valence-corrected chi connectivity index (χ3v) is 2.90. The van der Waals surface area contributed by atoms with Gasteiger partial charge in [-0.15, -0.1) is 0 Å². The lowest BCUT2D eigenvalue weighted by molar-refractivity contribution is -0.151. The molecule has 22 heavy (non-hydrogen) atoms. The van der Waals surface area contributed by atoms with Gasteiger partial charge in [0.05, 0.1) is 30.8 Å². The number of aliphatic carboxylic acids is 1. The predicted molar refractivity (Wildman–Crippen MR) is 73.8 cm³/mol. The van der Waals surface area contributed by atoms with Crippen molar-refractivity contribution in [3.05, 3.63) is 23.5 Å². The van der Waals surface area contributed by atoms with Crippen molar-refractivity contribution in [3.63, 3.8) is 0 Å². The molecule has 0 bridgehead atoms. The number of hydrogen-bond donors (Lipinski definition) is 1. The molecule has 0 aromatic carbocycles. The summed E-state index contributed by atoms with van der Waals surface area (Å²) in [5, 5.41) is 30.8. The van der Waals surface area contributed by atoms with Crippen LogP contribution in [0.4, 0.5) is 0 Å². The van der Waals surface area contributed by atoms with Crippen molar-refractivity contribution < 1.29 is 19.4 Å². The van der Waals surface area contributed by atoms with Gasteiger partial charge in [-0.1, -0.05) is 0 Å². The van der Waals surface area contributed by atoms with Crippen LogP contribution in [-0.2, 0) is 20.9 Å². The summed E-state index contributed by atoms with van der Waals surface area (Å²) in [7, 11) is 1.27. The van der Waals surface area contributed by atoms with E-state index in [1.807, 2.05) is 0 Å². The van der Waals surface area contributed by atoms with Crippen molar-refractivity contribution in [2.45, 2.75) is 20.4 Å². The van der Waals surface area contributed by atoms with Gasteiger partial charge in [-0.2, -0.15) is 15.6 Å². The molecular weight excluding hydrogens is 288 g/mol. The van der Waals surface area contributed by atoms with Crippen molar-refractivity contribution in [2.24, 2.45) is 5.41 Å². The van der Waals surface area contributed by atoms with Crippen molar-refractivity contribution in [1.82, 2.24) is 9.78 Å². The first-order chi connectivity index (χ1) is 10.3. The number of ether oxygens (including phenoxy) is 1. The number of nitrogens with zero attached hydrogens (tertiary/aromatic N) is 4. The Labute approximate surface area is 126 Å². The number of carbonyl (C=O) groups is 2. The number of rotatable bonds is 5. The Hall–Kier alpha value is -3.13. The highest BCUT2D eigenvalue weighted by Gasteiger charge is 2.30. The monoisotopic (exact) mass is 302 g/mol. The Kier molecular flexibility index (Phi) is 5.04. The van der Waals surface area contributed by atoms with E-state index >= 15 is 0 Å². The zero-order chi connectivity index (χ0) is 16.9. The zero-order valence-corrected chi connectivity index (χ0v) is 12.3. The summed E-state index contributed by atoms with van der Waals surface area (Å²) in [5.41, 5.74) is -1.68. The van der Waals surface area contributed by atoms with Crippen molar-refractivity contribution >= 4 is 17.5 Å². The summed E-state index contributed by atoms with van der Waals surface area (Å²) in [4.78, 5) is 22.9. The lowest BCUT2D eigenvalue weighted by Crippen LogP contribution is -2.30. The average molecular weight is 302 g/mol. The molecule has 0 spiro atoms. The molecule has 0 radical (unpaired) electrons. The molecule has 0 unspecified atom stereocenters. The van der Waals surface area contributed by atoms with Crippen LogP contribution in [0.2, 0.25) is 0 Å². The summed E-state index contributed by atoms with van der Waals surface area (Å²) < 4.78 is 6.05. The van der Waals surface area contributed by atoms with Gasteiger partial charge in [0.1, 0.15) is 17.7 Å². The van der Waals surface area contributed by atoms with Gasteiger partial charge in [0, 0.05) is 11.8 Å². The molecule has 0 saturated heterocycles. The van der Waals surface area contributed by atoms with E-state index in [1.165, 1.54) is 24.2 Å². The molecule has 1 aromatic heterocycles. The molecule has 0 aliphatic heterocycles. The highest BCUT2D eigenvalue weighted by molar-refractivity contribution is 6.17. The van der Waals surface area contributed by atoms with Crippen molar-refractivity contribution in [2.75, 3.05) is 7.11 Å². The first kappa shape index (κ1) is 16.9. The topological polar surface area (TPSA) is 129 Å². The van der Waals surface area contributed by atoms with Crippen LogP contribution >= 0.6 is 0 Å². The largest absolute Gasteiger partial charge is 0.478 e. The van der Waals surface area contributed by atoms with E-state index in [9.17, 15) is 9.59 Å². The minimum atomic E-state index is -1.40. The number of allylic oxidation sites excluding steroid dienone is 1. The Balaban J connectivity index is 3.19. The van der Waals surface area contributed by atoms with E-state index in [1.54, 1.807) is 26.0 Å². The third kappa shape index (κ3) is 3.49. The predicted octanol–water partition coefficient (Wildman–Crippen LogP) is 0.968. The van der Waals surface area contributed by atoms with Gasteiger partial charge in [-0.3, -0.25) is 9.48 Å². The second-order valence-corrected chi connectivity index (χ2v) is 5.08. The Morgan fingerprint density at radius 3 is 2.45 bits per heavy atom. The summed E-state index contributed by atoms with van der Waals surface area (Å²) in [6.07, 6.45) is 2.59. The highest BCUT2D eigenvalue weighted by Crippen LogP contribution is 2.22. The van der Waals surface area contributed by atoms with Gasteiger partial charge >= 0.3 is 11.9 Å². The van der Waals surface area contributed by atoms with Gasteiger partial charge < -0.3 is 9.84 Å². The SMILES string of the molecule is COC(=O)C(C)(C)Cn1cc(C(C(=O)O)=C(C#N)C#N)cn1. The van der Waals surface area contributed by atoms with Crippen LogP contribution in [0.1, 0.15) is 19.4 Å². The first-order valence-electron chi connectivity index (χ1n) is 6.15. The van der Waals surface area contributed by atoms with Gasteiger partial charge in [-0.05, 0) is 13.8 Å². The van der Waals surface area contributed by atoms with Crippen LogP contribution in [0.25, 0.3) is 5.57 Å². The molecule has 8 nitrogen and oxygen atoms in total. The normalized spacial score (nSPS) is 10.2. The highest BCUT2D eigenvalue weighted by atomic mass is 16.5. The quantitative estimate of drug-likeness (QED) is 0.487. The maximum atomic E-state index is 11.6. The van der Waals surface area contributed by atoms with Crippen LogP contribution < -0.4 is 0 Å². The van der Waals surface area contributed by atoms with E-state index in [4.69, 9.17) is 15.6 Å². The van der Waals surface area contributed by atoms with Crippen molar-refractivity contribution in [1.29, 1.82) is 10.5 Å². The number of esters is 1. The number of methoxy groups -OCH3 is 1. The lowest BCUT2D eigenvalue weighted by atomic mass is 9.94. The van der Waals surface area contributed by atoms with Gasteiger partial charge in [0.15, 0.2) is 0 Å². The fourth-order valence-corrected chi connectivity index (χ4v) is 1.84. The van der Waals surface area contributed by atoms with E-state index in [0.29, 0.717) is 0 Å². The van der Waals surface area contributed by atoms with Crippen LogP contribution in [-0.4, -0.2) is 33.9 Å². The van der Waals surface area contributed by atoms with E-state index in [-0.39, 0.29) is 12.1 Å². The Morgan fingerprint density at radius 2 is 2.00 bits per heavy atom. The number of aromatic nitrogens is 2. The average Bonchev–Trinajstić information content (AvgIpc) is 2.89. The third-order valence-electron chi connectivity index (χ3n) is 2.90. The second-order valence-electron chi connectivity index (χ2n) is 5.08. The van der Waals surface area contributed by atoms with Crippen LogP contribution in [0.5, 0.6) is 0 Å². The molecule has 0 fully saturated rings. The second kappa shape index (κ2) is 6.55. The van der Waals surface area contributed by atoms with E-state index in [0.717, 1.165) is 0 Å². The molecule has 114 valence electrons. The molecule has 0 saturated carbocycles. The molecule has 1 rings (SSSR count). The van der Waals surface area contributed by atoms with E-state index in [2.05, 4.69) is 9.84 Å². The molecule has 1 N–H and O–H groups in total. The van der Waals surface area contributed by atoms with Crippen LogP contribution in [0.3, 0.4) is 0 Å². The maximum absolute atomic E-state index is 11.6. The number of carboxylic acid groups (broad SMARTS) is 1. The van der Waals surface area contributed by atoms with Crippen LogP contribution in [0.15, 0.2) is 18.0 Å². The van der Waals surface area contributed by atoms with Gasteiger partial charge in [0.25, 0.3) is 0 Å². The number of carboxylic acids is 1. The van der Waals surface area contributed by atoms with Crippen LogP contribution in [0, 0.1) is 28.1 Å². The van der Waals surface area contributed by atoms with E-state index < -0.39 is 28.5 Å². The van der Waals surface area contributed by atoms with Gasteiger partial charge in [-0.25, -0.2) is 4.79 Å². The summed E-state index contributed by atoms with van der Waals surface area (Å²) in [6, 6.07) is 3.09. The fourth-order valence-electron chi connectivity index (χ4n) is 1.84. The minimum absolute atomic E-state index is 0.117. The standard InChI is InChI=1S/C14H14N4O4/c1-14(2,13(21)22-3)8-18-7-10(6-17-18)11(12(19)20)9(4-15)5-16/h6-7H,8H2,1-3H3,(H,19,20). The molecular formula is C14H14N4O4. The summed E-state index contributed by atoms with van der Waals surface area (Å²) in [5.74, 6) is -1.84. The number of nitriles is 2. The van der Waals surface area contributed by atoms with Crippen molar-refractivity contribution in [3.8, 4) is 12.1 Å². The molecule has 1 heterocycles. The molecule has 0 aliphatic rings. The molecule has 1 aromatic rings. The van der Waals surface area contributed by atoms with Gasteiger partial charge in [0.2, 0.25) is 0 Å². The number of hydrogen-bond acceptors (Lipinski definition) is 6. The lowest BCUT2D eigenvalue weighted by Gasteiger charge is -2.20. The molecule has 0 aliphatic carbocycles. The zero-order valence-electron chi connectivity index (χ0n) is 12.3. The molecule has 0 amide bonds. The first-order valence-corrected chi connectivity index (χ1v) is 6.15. The summed E-state index contributed by atoms with van der Waals surface area (Å²) in [6.45, 7) is 3.47. The Bertz CT molecular complexity index is 700. The number of carbonyl (C=O) groups excluding carboxylic acids is 1. The molecule has 0 atom stereocenters. The maximum Gasteiger partial charge on any atom is 0.338 e.